The Kier molecular flexibility index (Phi) is 4.12. The number of hydrogen-bond acceptors (Lipinski definition) is 3. The van der Waals surface area contributed by atoms with E-state index in [0.717, 1.165) is 31.1 Å². The van der Waals surface area contributed by atoms with Crippen molar-refractivity contribution in [2.24, 2.45) is 5.92 Å². The van der Waals surface area contributed by atoms with Gasteiger partial charge in [-0.3, -0.25) is 9.89 Å². The minimum absolute atomic E-state index is 0.168. The van der Waals surface area contributed by atoms with E-state index in [-0.39, 0.29) is 11.7 Å². The minimum Gasteiger partial charge on any atom is -0.349 e. The Morgan fingerprint density at radius 1 is 1.47 bits per heavy atom. The lowest BCUT2D eigenvalue weighted by Gasteiger charge is -2.08. The number of rotatable bonds is 5. The van der Waals surface area contributed by atoms with Crippen LogP contribution in [0.3, 0.4) is 0 Å². The van der Waals surface area contributed by atoms with Crippen molar-refractivity contribution < 1.29 is 4.79 Å². The molecule has 0 unspecified atom stereocenters. The van der Waals surface area contributed by atoms with Crippen LogP contribution in [0.4, 0.5) is 0 Å². The van der Waals surface area contributed by atoms with Crippen molar-refractivity contribution in [3.05, 3.63) is 11.6 Å². The van der Waals surface area contributed by atoms with Crippen molar-refractivity contribution in [1.29, 1.82) is 0 Å². The highest BCUT2D eigenvalue weighted by Gasteiger charge is 2.16. The van der Waals surface area contributed by atoms with Gasteiger partial charge in [0.1, 0.15) is 5.82 Å². The van der Waals surface area contributed by atoms with Gasteiger partial charge in [0.25, 0.3) is 5.91 Å². The third-order valence-electron chi connectivity index (χ3n) is 3.38. The van der Waals surface area contributed by atoms with Gasteiger partial charge in [0.15, 0.2) is 0 Å². The molecule has 2 N–H and O–H groups in total. The van der Waals surface area contributed by atoms with E-state index in [1.54, 1.807) is 0 Å². The molecule has 0 bridgehead atoms. The van der Waals surface area contributed by atoms with E-state index in [4.69, 9.17) is 0 Å². The summed E-state index contributed by atoms with van der Waals surface area (Å²) in [6, 6.07) is 0. The van der Waals surface area contributed by atoms with Gasteiger partial charge in [0.05, 0.1) is 0 Å². The highest BCUT2D eigenvalue weighted by atomic mass is 16.2. The first-order valence-corrected chi connectivity index (χ1v) is 6.49. The maximum Gasteiger partial charge on any atom is 0.290 e. The molecule has 1 fully saturated rings. The van der Waals surface area contributed by atoms with Gasteiger partial charge in [-0.1, -0.05) is 32.6 Å². The molecule has 1 aliphatic rings. The fourth-order valence-corrected chi connectivity index (χ4v) is 2.32. The molecule has 0 saturated heterocycles. The molecule has 1 aromatic heterocycles. The number of nitrogens with one attached hydrogen (secondary N) is 2. The molecule has 1 heterocycles. The number of amides is 1. The molecule has 1 saturated carbocycles. The van der Waals surface area contributed by atoms with Gasteiger partial charge < -0.3 is 5.32 Å². The van der Waals surface area contributed by atoms with E-state index < -0.39 is 0 Å². The Bertz CT molecular complexity index is 368. The van der Waals surface area contributed by atoms with Gasteiger partial charge in [-0.15, -0.1) is 5.10 Å². The number of nitrogens with zero attached hydrogens (tertiary/aromatic N) is 2. The average molecular weight is 236 g/mol. The molecule has 17 heavy (non-hydrogen) atoms. The number of aryl methyl sites for hydroxylation is 1. The molecular formula is C12H20N4O. The van der Waals surface area contributed by atoms with Gasteiger partial charge in [-0.05, 0) is 12.3 Å². The number of carbonyl (C=O) groups excluding carboxylic acids is 1. The van der Waals surface area contributed by atoms with Crippen molar-refractivity contribution in [2.45, 2.75) is 45.4 Å². The standard InChI is InChI=1S/C12H20N4O/c1-2-10-14-11(16-15-10)12(17)13-8-7-9-5-3-4-6-9/h9H,2-8H2,1H3,(H,13,17)(H,14,15,16). The second-order valence-electron chi connectivity index (χ2n) is 4.65. The fourth-order valence-electron chi connectivity index (χ4n) is 2.32. The number of hydrogen-bond donors (Lipinski definition) is 2. The third kappa shape index (κ3) is 3.28. The highest BCUT2D eigenvalue weighted by molar-refractivity contribution is 5.90. The molecule has 0 aliphatic heterocycles. The van der Waals surface area contributed by atoms with Crippen molar-refractivity contribution in [2.75, 3.05) is 6.54 Å². The second-order valence-corrected chi connectivity index (χ2v) is 4.65. The second kappa shape index (κ2) is 5.80. The van der Waals surface area contributed by atoms with Crippen LogP contribution < -0.4 is 5.32 Å². The summed E-state index contributed by atoms with van der Waals surface area (Å²) in [5.41, 5.74) is 0. The molecule has 5 nitrogen and oxygen atoms in total. The quantitative estimate of drug-likeness (QED) is 0.817. The summed E-state index contributed by atoms with van der Waals surface area (Å²) in [5.74, 6) is 1.65. The van der Waals surface area contributed by atoms with Crippen molar-refractivity contribution in [3.8, 4) is 0 Å². The lowest BCUT2D eigenvalue weighted by atomic mass is 10.0. The largest absolute Gasteiger partial charge is 0.349 e. The zero-order chi connectivity index (χ0) is 12.1. The summed E-state index contributed by atoms with van der Waals surface area (Å²) in [6.45, 7) is 2.71. The third-order valence-corrected chi connectivity index (χ3v) is 3.38. The molecule has 0 aromatic carbocycles. The molecular weight excluding hydrogens is 216 g/mol. The van der Waals surface area contributed by atoms with Crippen molar-refractivity contribution in [1.82, 2.24) is 20.5 Å². The Balaban J connectivity index is 1.72. The Hall–Kier alpha value is -1.39. The molecule has 1 amide bonds. The zero-order valence-corrected chi connectivity index (χ0v) is 10.3. The molecule has 0 atom stereocenters. The van der Waals surface area contributed by atoms with E-state index in [2.05, 4.69) is 20.5 Å². The van der Waals surface area contributed by atoms with Gasteiger partial charge >= 0.3 is 0 Å². The van der Waals surface area contributed by atoms with Gasteiger partial charge in [0.2, 0.25) is 5.82 Å². The SMILES string of the molecule is CCc1nc(C(=O)NCCC2CCCC2)n[nH]1. The molecule has 0 spiro atoms. The first-order valence-electron chi connectivity index (χ1n) is 6.49. The summed E-state index contributed by atoms with van der Waals surface area (Å²) in [6.07, 6.45) is 7.17. The first-order chi connectivity index (χ1) is 8.29. The van der Waals surface area contributed by atoms with E-state index in [1.807, 2.05) is 6.92 Å². The first kappa shape index (κ1) is 12.1. The summed E-state index contributed by atoms with van der Waals surface area (Å²) in [4.78, 5) is 15.8. The molecule has 1 aliphatic carbocycles. The van der Waals surface area contributed by atoms with Crippen molar-refractivity contribution >= 4 is 5.91 Å². The summed E-state index contributed by atoms with van der Waals surface area (Å²) < 4.78 is 0. The van der Waals surface area contributed by atoms with Crippen LogP contribution in [0.5, 0.6) is 0 Å². The monoisotopic (exact) mass is 236 g/mol. The molecule has 2 rings (SSSR count). The Morgan fingerprint density at radius 2 is 2.24 bits per heavy atom. The van der Waals surface area contributed by atoms with E-state index >= 15 is 0 Å². The average Bonchev–Trinajstić information content (AvgIpc) is 2.99. The van der Waals surface area contributed by atoms with Crippen LogP contribution in [0.25, 0.3) is 0 Å². The van der Waals surface area contributed by atoms with Crippen LogP contribution in [0.1, 0.15) is 55.5 Å². The van der Waals surface area contributed by atoms with Gasteiger partial charge in [-0.2, -0.15) is 0 Å². The van der Waals surface area contributed by atoms with Crippen molar-refractivity contribution in [3.63, 3.8) is 0 Å². The molecule has 0 radical (unpaired) electrons. The van der Waals surface area contributed by atoms with Gasteiger partial charge in [0, 0.05) is 13.0 Å². The summed E-state index contributed by atoms with van der Waals surface area (Å²) in [5, 5.41) is 9.51. The van der Waals surface area contributed by atoms with Crippen LogP contribution in [0.15, 0.2) is 0 Å². The minimum atomic E-state index is -0.168. The Morgan fingerprint density at radius 3 is 2.88 bits per heavy atom. The maximum atomic E-state index is 11.7. The van der Waals surface area contributed by atoms with Crippen LogP contribution >= 0.6 is 0 Å². The normalized spacial score (nSPS) is 16.3. The predicted octanol–water partition coefficient (Wildman–Crippen LogP) is 1.68. The molecule has 5 heteroatoms. The predicted molar refractivity (Wildman–Crippen MR) is 64.7 cm³/mol. The van der Waals surface area contributed by atoms with E-state index in [0.29, 0.717) is 0 Å². The number of H-pyrrole nitrogens is 1. The summed E-state index contributed by atoms with van der Waals surface area (Å²) >= 11 is 0. The molecule has 1 aromatic rings. The Labute approximate surface area is 101 Å². The number of carbonyl (C=O) groups is 1. The zero-order valence-electron chi connectivity index (χ0n) is 10.3. The van der Waals surface area contributed by atoms with Crippen LogP contribution in [-0.4, -0.2) is 27.6 Å². The fraction of sp³-hybridized carbons (Fsp3) is 0.750. The maximum absolute atomic E-state index is 11.7. The number of aromatic nitrogens is 3. The smallest absolute Gasteiger partial charge is 0.290 e. The van der Waals surface area contributed by atoms with Crippen LogP contribution in [0, 0.1) is 5.92 Å². The van der Waals surface area contributed by atoms with Crippen LogP contribution in [-0.2, 0) is 6.42 Å². The number of aromatic amines is 1. The van der Waals surface area contributed by atoms with Gasteiger partial charge in [-0.25, -0.2) is 4.98 Å². The topological polar surface area (TPSA) is 70.7 Å². The van der Waals surface area contributed by atoms with Crippen LogP contribution in [0.2, 0.25) is 0 Å². The van der Waals surface area contributed by atoms with E-state index in [1.165, 1.54) is 25.7 Å². The lowest BCUT2D eigenvalue weighted by Crippen LogP contribution is -2.26. The molecule has 94 valence electrons. The lowest BCUT2D eigenvalue weighted by molar-refractivity contribution is 0.0941. The highest BCUT2D eigenvalue weighted by Crippen LogP contribution is 2.26. The summed E-state index contributed by atoms with van der Waals surface area (Å²) in [7, 11) is 0. The van der Waals surface area contributed by atoms with E-state index in [9.17, 15) is 4.79 Å².